The van der Waals surface area contributed by atoms with Gasteiger partial charge in [-0.3, -0.25) is 4.90 Å². The normalized spacial score (nSPS) is 17.5. The highest BCUT2D eigenvalue weighted by Crippen LogP contribution is 2.27. The minimum absolute atomic E-state index is 0.598. The zero-order valence-corrected chi connectivity index (χ0v) is 9.32. The van der Waals surface area contributed by atoms with Crippen LogP contribution in [0.4, 0.5) is 0 Å². The molecule has 1 saturated carbocycles. The molecule has 0 aliphatic heterocycles. The van der Waals surface area contributed by atoms with Crippen LogP contribution >= 0.6 is 11.6 Å². The lowest BCUT2D eigenvalue weighted by Crippen LogP contribution is -2.33. The highest BCUT2D eigenvalue weighted by molar-refractivity contribution is 6.19. The van der Waals surface area contributed by atoms with Crippen molar-refractivity contribution in [1.82, 2.24) is 4.90 Å². The van der Waals surface area contributed by atoms with Gasteiger partial charge in [-0.15, -0.1) is 11.6 Å². The zero-order chi connectivity index (χ0) is 9.68. The van der Waals surface area contributed by atoms with E-state index < -0.39 is 0 Å². The maximum atomic E-state index is 5.71. The summed E-state index contributed by atoms with van der Waals surface area (Å²) in [5.74, 6) is 1.55. The summed E-state index contributed by atoms with van der Waals surface area (Å²) >= 11 is 5.71. The zero-order valence-electron chi connectivity index (χ0n) is 8.56. The molecule has 0 radical (unpaired) electrons. The molecule has 13 heavy (non-hydrogen) atoms. The van der Waals surface area contributed by atoms with E-state index in [1.54, 1.807) is 0 Å². The summed E-state index contributed by atoms with van der Waals surface area (Å²) < 4.78 is 0. The fraction of sp³-hybridized carbons (Fsp3) is 0.818. The van der Waals surface area contributed by atoms with Gasteiger partial charge >= 0.3 is 0 Å². The molecule has 0 heterocycles. The van der Waals surface area contributed by atoms with Crippen molar-refractivity contribution in [3.8, 4) is 0 Å². The van der Waals surface area contributed by atoms with E-state index in [0.29, 0.717) is 5.88 Å². The van der Waals surface area contributed by atoms with Crippen molar-refractivity contribution in [3.63, 3.8) is 0 Å². The SMILES string of the molecule is C=C(CCl)CN(CC)CC1CCC1. The van der Waals surface area contributed by atoms with E-state index in [2.05, 4.69) is 18.4 Å². The van der Waals surface area contributed by atoms with Crippen LogP contribution in [0.15, 0.2) is 12.2 Å². The Morgan fingerprint density at radius 3 is 2.62 bits per heavy atom. The van der Waals surface area contributed by atoms with Gasteiger partial charge in [0.1, 0.15) is 0 Å². The van der Waals surface area contributed by atoms with E-state index in [4.69, 9.17) is 11.6 Å². The second kappa shape index (κ2) is 5.66. The van der Waals surface area contributed by atoms with Gasteiger partial charge in [-0.05, 0) is 30.9 Å². The first-order valence-electron chi connectivity index (χ1n) is 5.21. The molecule has 0 aromatic rings. The molecular formula is C11H20ClN. The van der Waals surface area contributed by atoms with Gasteiger partial charge in [-0.25, -0.2) is 0 Å². The Hall–Kier alpha value is -0.0100. The van der Waals surface area contributed by atoms with Crippen LogP contribution in [0.5, 0.6) is 0 Å². The second-order valence-corrected chi connectivity index (χ2v) is 4.28. The number of nitrogens with zero attached hydrogens (tertiary/aromatic N) is 1. The van der Waals surface area contributed by atoms with Crippen LogP contribution in [0, 0.1) is 5.92 Å². The van der Waals surface area contributed by atoms with Gasteiger partial charge < -0.3 is 0 Å². The van der Waals surface area contributed by atoms with Crippen molar-refractivity contribution >= 4 is 11.6 Å². The Balaban J connectivity index is 2.20. The van der Waals surface area contributed by atoms with Crippen LogP contribution < -0.4 is 0 Å². The molecule has 0 N–H and O–H groups in total. The van der Waals surface area contributed by atoms with Crippen molar-refractivity contribution in [2.75, 3.05) is 25.5 Å². The number of likely N-dealkylation sites (N-methyl/N-ethyl adjacent to an activating group) is 1. The van der Waals surface area contributed by atoms with E-state index in [1.807, 2.05) is 0 Å². The first kappa shape index (κ1) is 11.1. The number of hydrogen-bond donors (Lipinski definition) is 0. The number of hydrogen-bond acceptors (Lipinski definition) is 1. The summed E-state index contributed by atoms with van der Waals surface area (Å²) in [5, 5.41) is 0. The van der Waals surface area contributed by atoms with Crippen molar-refractivity contribution in [3.05, 3.63) is 12.2 Å². The monoisotopic (exact) mass is 201 g/mol. The lowest BCUT2D eigenvalue weighted by molar-refractivity contribution is 0.195. The van der Waals surface area contributed by atoms with Crippen LogP contribution in [-0.2, 0) is 0 Å². The third-order valence-electron chi connectivity index (χ3n) is 2.82. The molecule has 1 fully saturated rings. The van der Waals surface area contributed by atoms with Gasteiger partial charge in [0.25, 0.3) is 0 Å². The van der Waals surface area contributed by atoms with Gasteiger partial charge in [-0.1, -0.05) is 19.9 Å². The Labute approximate surface area is 86.8 Å². The first-order chi connectivity index (χ1) is 6.26. The predicted octanol–water partition coefficient (Wildman–Crippen LogP) is 2.90. The van der Waals surface area contributed by atoms with Crippen LogP contribution in [0.2, 0.25) is 0 Å². The van der Waals surface area contributed by atoms with E-state index in [-0.39, 0.29) is 0 Å². The minimum Gasteiger partial charge on any atom is -0.299 e. The fourth-order valence-corrected chi connectivity index (χ4v) is 1.79. The molecule has 0 unspecified atom stereocenters. The number of rotatable bonds is 6. The fourth-order valence-electron chi connectivity index (χ4n) is 1.70. The van der Waals surface area contributed by atoms with E-state index in [9.17, 15) is 0 Å². The molecule has 76 valence electrons. The number of alkyl halides is 1. The third-order valence-corrected chi connectivity index (χ3v) is 3.20. The topological polar surface area (TPSA) is 3.24 Å². The lowest BCUT2D eigenvalue weighted by atomic mass is 9.85. The van der Waals surface area contributed by atoms with Crippen LogP contribution in [0.3, 0.4) is 0 Å². The van der Waals surface area contributed by atoms with Gasteiger partial charge in [0.05, 0.1) is 0 Å². The quantitative estimate of drug-likeness (QED) is 0.472. The molecule has 1 aliphatic carbocycles. The first-order valence-corrected chi connectivity index (χ1v) is 5.74. The average Bonchev–Trinajstić information content (AvgIpc) is 2.08. The maximum Gasteiger partial charge on any atom is 0.0443 e. The van der Waals surface area contributed by atoms with Crippen LogP contribution in [0.25, 0.3) is 0 Å². The van der Waals surface area contributed by atoms with Crippen molar-refractivity contribution in [2.45, 2.75) is 26.2 Å². The molecule has 1 rings (SSSR count). The molecule has 0 aromatic carbocycles. The standard InChI is InChI=1S/C11H20ClN/c1-3-13(8-10(2)7-12)9-11-5-4-6-11/h11H,2-9H2,1H3. The van der Waals surface area contributed by atoms with E-state index in [0.717, 1.165) is 24.6 Å². The molecule has 1 aliphatic rings. The lowest BCUT2D eigenvalue weighted by Gasteiger charge is -2.31. The highest BCUT2D eigenvalue weighted by atomic mass is 35.5. The molecule has 0 atom stereocenters. The summed E-state index contributed by atoms with van der Waals surface area (Å²) in [6, 6.07) is 0. The Kier molecular flexibility index (Phi) is 4.82. The Morgan fingerprint density at radius 1 is 1.54 bits per heavy atom. The van der Waals surface area contributed by atoms with Gasteiger partial charge in [0.2, 0.25) is 0 Å². The van der Waals surface area contributed by atoms with Crippen LogP contribution in [0.1, 0.15) is 26.2 Å². The average molecular weight is 202 g/mol. The largest absolute Gasteiger partial charge is 0.299 e. The van der Waals surface area contributed by atoms with Crippen molar-refractivity contribution in [2.24, 2.45) is 5.92 Å². The molecule has 1 nitrogen and oxygen atoms in total. The van der Waals surface area contributed by atoms with Gasteiger partial charge in [0, 0.05) is 19.0 Å². The van der Waals surface area contributed by atoms with Gasteiger partial charge in [-0.2, -0.15) is 0 Å². The Morgan fingerprint density at radius 2 is 2.23 bits per heavy atom. The third kappa shape index (κ3) is 3.70. The number of halogens is 1. The van der Waals surface area contributed by atoms with E-state index in [1.165, 1.54) is 25.8 Å². The Bertz CT molecular complexity index is 163. The van der Waals surface area contributed by atoms with Gasteiger partial charge in [0.15, 0.2) is 0 Å². The summed E-state index contributed by atoms with van der Waals surface area (Å²) in [5.41, 5.74) is 1.14. The summed E-state index contributed by atoms with van der Waals surface area (Å²) in [4.78, 5) is 2.45. The molecule has 0 saturated heterocycles. The molecule has 0 aromatic heterocycles. The predicted molar refractivity (Wildman–Crippen MR) is 59.3 cm³/mol. The summed E-state index contributed by atoms with van der Waals surface area (Å²) in [7, 11) is 0. The smallest absolute Gasteiger partial charge is 0.0443 e. The second-order valence-electron chi connectivity index (χ2n) is 4.01. The van der Waals surface area contributed by atoms with Crippen molar-refractivity contribution in [1.29, 1.82) is 0 Å². The molecular weight excluding hydrogens is 182 g/mol. The minimum atomic E-state index is 0.598. The van der Waals surface area contributed by atoms with E-state index >= 15 is 0 Å². The molecule has 0 amide bonds. The molecule has 2 heteroatoms. The van der Waals surface area contributed by atoms with Crippen molar-refractivity contribution < 1.29 is 0 Å². The highest BCUT2D eigenvalue weighted by Gasteiger charge is 2.19. The molecule has 0 bridgehead atoms. The van der Waals surface area contributed by atoms with Crippen LogP contribution in [-0.4, -0.2) is 30.4 Å². The summed E-state index contributed by atoms with van der Waals surface area (Å²) in [6.45, 7) is 9.49. The molecule has 0 spiro atoms. The summed E-state index contributed by atoms with van der Waals surface area (Å²) in [6.07, 6.45) is 4.27. The maximum absolute atomic E-state index is 5.71.